The zero-order chi connectivity index (χ0) is 17.0. The molecule has 0 aliphatic rings. The van der Waals surface area contributed by atoms with E-state index in [2.05, 4.69) is 24.7 Å². The zero-order valence-corrected chi connectivity index (χ0v) is 16.0. The van der Waals surface area contributed by atoms with Crippen molar-refractivity contribution in [2.75, 3.05) is 12.4 Å². The van der Waals surface area contributed by atoms with Crippen LogP contribution >= 0.6 is 22.6 Å². The third-order valence-electron chi connectivity index (χ3n) is 2.45. The molecule has 1 N–H and O–H groups in total. The van der Waals surface area contributed by atoms with Gasteiger partial charge in [-0.3, -0.25) is 0 Å². The van der Waals surface area contributed by atoms with E-state index in [1.165, 1.54) is 13.2 Å². The molecule has 1 heterocycles. The quantitative estimate of drug-likeness (QED) is 0.305. The number of hydrogen-bond donors (Lipinski definition) is 1. The fourth-order valence-corrected chi connectivity index (χ4v) is 3.68. The van der Waals surface area contributed by atoms with Gasteiger partial charge >= 0.3 is 6.01 Å². The Morgan fingerprint density at radius 3 is 2.58 bits per heavy atom. The standard InChI is InChI=1S/C12H12IN5O4S.CH3/c1-7-14-10(17-12(15-7)22-2)16-11(19)18-23(20,21)9-6-4-3-5-8(9)13;/h3-6H,1-2H3,(H2,14,15,16,17,18,19);1H3/q;+1/p-1. The van der Waals surface area contributed by atoms with E-state index in [0.29, 0.717) is 9.39 Å². The molecule has 9 nitrogen and oxygen atoms in total. The summed E-state index contributed by atoms with van der Waals surface area (Å²) in [5.41, 5.74) is 0. The topological polar surface area (TPSA) is 129 Å². The maximum Gasteiger partial charge on any atom is 0.321 e. The molecule has 0 aliphatic carbocycles. The molecule has 0 unspecified atom stereocenters. The van der Waals surface area contributed by atoms with Crippen LogP contribution in [0.3, 0.4) is 0 Å². The van der Waals surface area contributed by atoms with Crippen LogP contribution in [0.5, 0.6) is 6.01 Å². The molecule has 0 aliphatic heterocycles. The summed E-state index contributed by atoms with van der Waals surface area (Å²) in [6, 6.07) is 5.07. The van der Waals surface area contributed by atoms with Crippen molar-refractivity contribution in [1.29, 1.82) is 0 Å². The number of aromatic nitrogens is 3. The lowest BCUT2D eigenvalue weighted by Crippen LogP contribution is -2.29. The largest absolute Gasteiger partial charge is 0.845 e. The number of anilines is 1. The maximum atomic E-state index is 12.1. The number of nitrogens with zero attached hydrogens (tertiary/aromatic N) is 4. The van der Waals surface area contributed by atoms with Gasteiger partial charge in [-0.05, 0) is 41.6 Å². The van der Waals surface area contributed by atoms with Crippen molar-refractivity contribution in [3.05, 3.63) is 41.1 Å². The van der Waals surface area contributed by atoms with Crippen LogP contribution < -0.4 is 15.2 Å². The van der Waals surface area contributed by atoms with Gasteiger partial charge in [-0.1, -0.05) is 12.1 Å². The number of nitrogens with one attached hydrogen (secondary N) is 1. The fourth-order valence-electron chi connectivity index (χ4n) is 1.54. The predicted octanol–water partition coefficient (Wildman–Crippen LogP) is 0.761. The van der Waals surface area contributed by atoms with Gasteiger partial charge in [0.05, 0.1) is 13.1 Å². The van der Waals surface area contributed by atoms with Gasteiger partial charge in [0, 0.05) is 11.0 Å². The smallest absolute Gasteiger partial charge is 0.321 e. The maximum absolute atomic E-state index is 12.1. The van der Waals surface area contributed by atoms with Gasteiger partial charge in [0.1, 0.15) is 10.7 Å². The molecule has 0 fully saturated rings. The Morgan fingerprint density at radius 2 is 1.96 bits per heavy atom. The number of halogens is 1. The van der Waals surface area contributed by atoms with Crippen molar-refractivity contribution in [2.45, 2.75) is 11.8 Å². The Labute approximate surface area is 153 Å². The van der Waals surface area contributed by atoms with E-state index in [-0.39, 0.29) is 24.3 Å². The van der Waals surface area contributed by atoms with Crippen molar-refractivity contribution in [2.24, 2.45) is 4.40 Å². The van der Waals surface area contributed by atoms with Gasteiger partial charge in [0.25, 0.3) is 10.0 Å². The van der Waals surface area contributed by atoms with Crippen molar-refractivity contribution >= 4 is 44.6 Å². The van der Waals surface area contributed by atoms with Crippen LogP contribution in [0.4, 0.5) is 5.95 Å². The third kappa shape index (κ3) is 4.92. The molecule has 128 valence electrons. The van der Waals surface area contributed by atoms with Gasteiger partial charge < -0.3 is 15.2 Å². The minimum absolute atomic E-state index is 0. The van der Waals surface area contributed by atoms with Crippen molar-refractivity contribution in [3.63, 3.8) is 0 Å². The summed E-state index contributed by atoms with van der Waals surface area (Å²) in [6.07, 6.45) is 0. The van der Waals surface area contributed by atoms with Crippen LogP contribution in [0, 0.1) is 17.9 Å². The lowest BCUT2D eigenvalue weighted by atomic mass is 10.4. The Balaban J connectivity index is 0.00000288. The predicted molar refractivity (Wildman–Crippen MR) is 94.9 cm³/mol. The molecular weight excluding hydrogens is 449 g/mol. The van der Waals surface area contributed by atoms with Crippen LogP contribution in [0.25, 0.3) is 0 Å². The van der Waals surface area contributed by atoms with Gasteiger partial charge in [-0.15, -0.1) is 0 Å². The molecule has 1 aromatic heterocycles. The van der Waals surface area contributed by atoms with Gasteiger partial charge in [-0.2, -0.15) is 27.8 Å². The Morgan fingerprint density at radius 1 is 1.29 bits per heavy atom. The second-order valence-corrected chi connectivity index (χ2v) is 6.85. The van der Waals surface area contributed by atoms with E-state index in [4.69, 9.17) is 4.74 Å². The first kappa shape index (κ1) is 19.9. The lowest BCUT2D eigenvalue weighted by molar-refractivity contribution is -0.213. The second kappa shape index (κ2) is 8.10. The van der Waals surface area contributed by atoms with Crippen molar-refractivity contribution in [3.8, 4) is 6.01 Å². The van der Waals surface area contributed by atoms with E-state index in [9.17, 15) is 13.5 Å². The highest BCUT2D eigenvalue weighted by atomic mass is 127. The molecule has 1 aromatic carbocycles. The Bertz CT molecular complexity index is 857. The van der Waals surface area contributed by atoms with Crippen LogP contribution in [0.2, 0.25) is 0 Å². The summed E-state index contributed by atoms with van der Waals surface area (Å²) < 4.78 is 32.8. The lowest BCUT2D eigenvalue weighted by Gasteiger charge is -2.12. The van der Waals surface area contributed by atoms with Gasteiger partial charge in [-0.25, -0.2) is 0 Å². The number of benzene rings is 1. The fraction of sp³-hybridized carbons (Fsp3) is 0.154. The van der Waals surface area contributed by atoms with Gasteiger partial charge in [0.2, 0.25) is 5.95 Å². The zero-order valence-electron chi connectivity index (χ0n) is 13.0. The molecule has 2 rings (SSSR count). The molecule has 0 spiro atoms. The van der Waals surface area contributed by atoms with Crippen LogP contribution in [0.15, 0.2) is 33.6 Å². The molecule has 0 saturated carbocycles. The minimum Gasteiger partial charge on any atom is -0.845 e. The van der Waals surface area contributed by atoms with Crippen LogP contribution in [-0.2, 0) is 10.0 Å². The number of methoxy groups -OCH3 is 1. The molecule has 2 aromatic rings. The number of sulfonamides is 1. The number of rotatable bonds is 4. The summed E-state index contributed by atoms with van der Waals surface area (Å²) in [6.45, 7) is 1.57. The number of amidine groups is 1. The average molecular weight is 463 g/mol. The van der Waals surface area contributed by atoms with Crippen LogP contribution in [0.1, 0.15) is 5.82 Å². The summed E-state index contributed by atoms with van der Waals surface area (Å²) in [4.78, 5) is 11.4. The normalized spacial score (nSPS) is 11.5. The van der Waals surface area contributed by atoms with E-state index in [1.54, 1.807) is 25.1 Å². The van der Waals surface area contributed by atoms with E-state index < -0.39 is 16.0 Å². The highest BCUT2D eigenvalue weighted by Crippen LogP contribution is 2.19. The molecule has 0 saturated heterocycles. The number of hydrogen-bond acceptors (Lipinski definition) is 7. The number of ether oxygens (including phenoxy) is 1. The Kier molecular flexibility index (Phi) is 6.71. The third-order valence-corrected chi connectivity index (χ3v) is 5.07. The molecular formula is C13H14IN5O4S. The summed E-state index contributed by atoms with van der Waals surface area (Å²) in [7, 11) is -2.78. The molecule has 0 amide bonds. The summed E-state index contributed by atoms with van der Waals surface area (Å²) in [5.74, 6) is 0.147. The Hall–Kier alpha value is -2.15. The molecule has 0 atom stereocenters. The summed E-state index contributed by atoms with van der Waals surface area (Å²) >= 11 is 1.85. The molecule has 11 heteroatoms. The van der Waals surface area contributed by atoms with Crippen molar-refractivity contribution < 1.29 is 18.3 Å². The van der Waals surface area contributed by atoms with Gasteiger partial charge in [0.15, 0.2) is 0 Å². The summed E-state index contributed by atoms with van der Waals surface area (Å²) in [5, 5.41) is 14.0. The number of aryl methyl sites for hydroxylation is 1. The monoisotopic (exact) mass is 463 g/mol. The van der Waals surface area contributed by atoms with Crippen LogP contribution in [-0.4, -0.2) is 36.5 Å². The highest BCUT2D eigenvalue weighted by Gasteiger charge is 2.15. The first-order valence-electron chi connectivity index (χ1n) is 6.12. The van der Waals surface area contributed by atoms with E-state index >= 15 is 0 Å². The molecule has 0 bridgehead atoms. The second-order valence-electron chi connectivity index (χ2n) is 4.12. The average Bonchev–Trinajstić information content (AvgIpc) is 2.46. The van der Waals surface area contributed by atoms with E-state index in [0.717, 1.165) is 0 Å². The molecule has 0 radical (unpaired) electrons. The minimum atomic E-state index is -4.13. The highest BCUT2D eigenvalue weighted by molar-refractivity contribution is 14.1. The first-order valence-corrected chi connectivity index (χ1v) is 8.64. The SMILES string of the molecule is COc1nc(C)nc(NC([O-])=NS(=O)(=O)c2ccccc2I)n1.[CH3+]. The van der Waals surface area contributed by atoms with E-state index in [1.807, 2.05) is 22.6 Å². The first-order chi connectivity index (χ1) is 10.8. The molecule has 24 heavy (non-hydrogen) atoms. The van der Waals surface area contributed by atoms with Crippen molar-refractivity contribution in [1.82, 2.24) is 15.0 Å².